The standard InChI is InChI=1S/C23H29NO6S/c1-13(2)24-31(27,28)21-12-18(8-9-20(21)29-7)23(26)30-17(6)22(25)19-11-15(4)14(3)10-16(19)5/h8-13,17,24H,1-7H3. The number of carbonyl (C=O) groups is 2. The quantitative estimate of drug-likeness (QED) is 0.489. The summed E-state index contributed by atoms with van der Waals surface area (Å²) in [5.41, 5.74) is 3.33. The van der Waals surface area contributed by atoms with E-state index in [1.54, 1.807) is 19.9 Å². The molecule has 0 bridgehead atoms. The summed E-state index contributed by atoms with van der Waals surface area (Å²) < 4.78 is 38.2. The Kier molecular flexibility index (Phi) is 7.62. The van der Waals surface area contributed by atoms with Gasteiger partial charge in [-0.05, 0) is 82.5 Å². The second-order valence-corrected chi connectivity index (χ2v) is 9.49. The van der Waals surface area contributed by atoms with Crippen molar-refractivity contribution in [2.45, 2.75) is 58.6 Å². The molecule has 0 heterocycles. The number of hydrogen-bond acceptors (Lipinski definition) is 6. The van der Waals surface area contributed by atoms with E-state index in [0.29, 0.717) is 5.56 Å². The van der Waals surface area contributed by atoms with Crippen molar-refractivity contribution in [2.24, 2.45) is 0 Å². The SMILES string of the molecule is COc1ccc(C(=O)OC(C)C(=O)c2cc(C)c(C)cc2C)cc1S(=O)(=O)NC(C)C. The van der Waals surface area contributed by atoms with E-state index in [4.69, 9.17) is 9.47 Å². The van der Waals surface area contributed by atoms with Gasteiger partial charge in [-0.15, -0.1) is 0 Å². The summed E-state index contributed by atoms with van der Waals surface area (Å²) in [6, 6.07) is 7.32. The third-order valence-electron chi connectivity index (χ3n) is 4.84. The Morgan fingerprint density at radius 2 is 1.55 bits per heavy atom. The molecule has 0 radical (unpaired) electrons. The highest BCUT2D eigenvalue weighted by Crippen LogP contribution is 2.26. The molecule has 1 atom stereocenters. The van der Waals surface area contributed by atoms with Crippen molar-refractivity contribution in [1.82, 2.24) is 4.72 Å². The Balaban J connectivity index is 2.30. The second kappa shape index (κ2) is 9.62. The molecule has 1 unspecified atom stereocenters. The Bertz CT molecular complexity index is 1110. The van der Waals surface area contributed by atoms with Crippen molar-refractivity contribution in [2.75, 3.05) is 7.11 Å². The van der Waals surface area contributed by atoms with Crippen molar-refractivity contribution < 1.29 is 27.5 Å². The molecule has 2 rings (SSSR count). The smallest absolute Gasteiger partial charge is 0.338 e. The molecule has 1 N–H and O–H groups in total. The van der Waals surface area contributed by atoms with Gasteiger partial charge in [-0.25, -0.2) is 17.9 Å². The molecule has 0 aliphatic heterocycles. The van der Waals surface area contributed by atoms with Gasteiger partial charge in [-0.2, -0.15) is 0 Å². The van der Waals surface area contributed by atoms with Crippen molar-refractivity contribution in [1.29, 1.82) is 0 Å². The lowest BCUT2D eigenvalue weighted by Gasteiger charge is -2.16. The first kappa shape index (κ1) is 24.6. The van der Waals surface area contributed by atoms with Gasteiger partial charge < -0.3 is 9.47 Å². The Hall–Kier alpha value is -2.71. The number of carbonyl (C=O) groups excluding carboxylic acids is 2. The lowest BCUT2D eigenvalue weighted by Crippen LogP contribution is -2.31. The van der Waals surface area contributed by atoms with Crippen LogP contribution in [0, 0.1) is 20.8 Å². The van der Waals surface area contributed by atoms with E-state index < -0.39 is 22.1 Å². The molecule has 0 fully saturated rings. The molecular formula is C23H29NO6S. The van der Waals surface area contributed by atoms with Crippen LogP contribution in [-0.4, -0.2) is 39.4 Å². The first-order valence-electron chi connectivity index (χ1n) is 9.90. The van der Waals surface area contributed by atoms with Crippen LogP contribution in [0.2, 0.25) is 0 Å². The number of ether oxygens (including phenoxy) is 2. The van der Waals surface area contributed by atoms with Gasteiger partial charge in [-0.1, -0.05) is 6.07 Å². The largest absolute Gasteiger partial charge is 0.495 e. The number of rotatable bonds is 8. The average molecular weight is 448 g/mol. The predicted molar refractivity (Wildman–Crippen MR) is 118 cm³/mol. The summed E-state index contributed by atoms with van der Waals surface area (Å²) in [4.78, 5) is 25.3. The van der Waals surface area contributed by atoms with Crippen LogP contribution in [-0.2, 0) is 14.8 Å². The summed E-state index contributed by atoms with van der Waals surface area (Å²) in [6.45, 7) is 10.6. The molecule has 0 aliphatic carbocycles. The number of nitrogens with one attached hydrogen (secondary N) is 1. The lowest BCUT2D eigenvalue weighted by molar-refractivity contribution is 0.0318. The fourth-order valence-electron chi connectivity index (χ4n) is 3.11. The van der Waals surface area contributed by atoms with E-state index in [2.05, 4.69) is 4.72 Å². The molecular weight excluding hydrogens is 418 g/mol. The van der Waals surface area contributed by atoms with Crippen LogP contribution in [0.3, 0.4) is 0 Å². The monoisotopic (exact) mass is 447 g/mol. The Morgan fingerprint density at radius 3 is 2.13 bits per heavy atom. The fraction of sp³-hybridized carbons (Fsp3) is 0.391. The van der Waals surface area contributed by atoms with E-state index >= 15 is 0 Å². The molecule has 0 aliphatic rings. The van der Waals surface area contributed by atoms with Crippen molar-refractivity contribution >= 4 is 21.8 Å². The Morgan fingerprint density at radius 1 is 0.935 bits per heavy atom. The summed E-state index contributed by atoms with van der Waals surface area (Å²) in [6.07, 6.45) is -1.04. The third kappa shape index (κ3) is 5.71. The van der Waals surface area contributed by atoms with Crippen LogP contribution < -0.4 is 9.46 Å². The molecule has 31 heavy (non-hydrogen) atoms. The van der Waals surface area contributed by atoms with E-state index in [0.717, 1.165) is 16.7 Å². The second-order valence-electron chi connectivity index (χ2n) is 7.80. The fourth-order valence-corrected chi connectivity index (χ4v) is 4.56. The zero-order valence-electron chi connectivity index (χ0n) is 18.9. The van der Waals surface area contributed by atoms with Gasteiger partial charge in [0.25, 0.3) is 0 Å². The van der Waals surface area contributed by atoms with Gasteiger partial charge in [0.15, 0.2) is 6.10 Å². The van der Waals surface area contributed by atoms with Gasteiger partial charge in [0.05, 0.1) is 12.7 Å². The molecule has 2 aromatic carbocycles. The van der Waals surface area contributed by atoms with Crippen LogP contribution in [0.15, 0.2) is 35.2 Å². The zero-order valence-corrected chi connectivity index (χ0v) is 19.7. The van der Waals surface area contributed by atoms with Gasteiger partial charge in [-0.3, -0.25) is 4.79 Å². The summed E-state index contributed by atoms with van der Waals surface area (Å²) in [5.74, 6) is -1.03. The number of ketones is 1. The number of methoxy groups -OCH3 is 1. The number of hydrogen-bond donors (Lipinski definition) is 1. The van der Waals surface area contributed by atoms with Crippen LogP contribution in [0.4, 0.5) is 0 Å². The minimum Gasteiger partial charge on any atom is -0.495 e. The van der Waals surface area contributed by atoms with Gasteiger partial charge >= 0.3 is 5.97 Å². The maximum atomic E-state index is 12.8. The molecule has 0 spiro atoms. The van der Waals surface area contributed by atoms with Crippen LogP contribution in [0.25, 0.3) is 0 Å². The number of esters is 1. The normalized spacial score (nSPS) is 12.5. The molecule has 168 valence electrons. The topological polar surface area (TPSA) is 98.8 Å². The van der Waals surface area contributed by atoms with E-state index in [9.17, 15) is 18.0 Å². The molecule has 7 nitrogen and oxygen atoms in total. The third-order valence-corrected chi connectivity index (χ3v) is 6.52. The molecule has 2 aromatic rings. The van der Waals surface area contributed by atoms with E-state index in [-0.39, 0.29) is 28.0 Å². The van der Waals surface area contributed by atoms with Crippen LogP contribution >= 0.6 is 0 Å². The molecule has 8 heteroatoms. The van der Waals surface area contributed by atoms with Crippen LogP contribution in [0.1, 0.15) is 58.2 Å². The minimum atomic E-state index is -3.91. The van der Waals surface area contributed by atoms with Gasteiger partial charge in [0.2, 0.25) is 15.8 Å². The first-order chi connectivity index (χ1) is 14.4. The lowest BCUT2D eigenvalue weighted by atomic mass is 9.96. The van der Waals surface area contributed by atoms with Gasteiger partial charge in [0.1, 0.15) is 10.6 Å². The summed E-state index contributed by atoms with van der Waals surface area (Å²) >= 11 is 0. The summed E-state index contributed by atoms with van der Waals surface area (Å²) in [7, 11) is -2.57. The van der Waals surface area contributed by atoms with E-state index in [1.807, 2.05) is 26.8 Å². The van der Waals surface area contributed by atoms with Gasteiger partial charge in [0, 0.05) is 11.6 Å². The number of sulfonamides is 1. The Labute approximate surface area is 183 Å². The predicted octanol–water partition coefficient (Wildman–Crippen LogP) is 3.74. The zero-order chi connectivity index (χ0) is 23.5. The first-order valence-corrected chi connectivity index (χ1v) is 11.4. The van der Waals surface area contributed by atoms with Crippen LogP contribution in [0.5, 0.6) is 5.75 Å². The highest BCUT2D eigenvalue weighted by molar-refractivity contribution is 7.89. The number of benzene rings is 2. The number of Topliss-reactive ketones (excluding diaryl/α,β-unsaturated/α-hetero) is 1. The molecule has 0 amide bonds. The molecule has 0 aromatic heterocycles. The summed E-state index contributed by atoms with van der Waals surface area (Å²) in [5, 5.41) is 0. The molecule has 0 saturated heterocycles. The van der Waals surface area contributed by atoms with Crippen molar-refractivity contribution in [3.05, 3.63) is 58.1 Å². The minimum absolute atomic E-state index is 0.00129. The van der Waals surface area contributed by atoms with Crippen molar-refractivity contribution in [3.8, 4) is 5.75 Å². The molecule has 0 saturated carbocycles. The maximum Gasteiger partial charge on any atom is 0.338 e. The highest BCUT2D eigenvalue weighted by Gasteiger charge is 2.26. The van der Waals surface area contributed by atoms with E-state index in [1.165, 1.54) is 32.2 Å². The average Bonchev–Trinajstić information content (AvgIpc) is 2.68. The number of aryl methyl sites for hydroxylation is 3. The highest BCUT2D eigenvalue weighted by atomic mass is 32.2. The maximum absolute atomic E-state index is 12.8. The van der Waals surface area contributed by atoms with Crippen molar-refractivity contribution in [3.63, 3.8) is 0 Å².